The van der Waals surface area contributed by atoms with Crippen LogP contribution < -0.4 is 20.3 Å². The summed E-state index contributed by atoms with van der Waals surface area (Å²) in [5.74, 6) is 0.721. The minimum atomic E-state index is -0.512. The second-order valence-corrected chi connectivity index (χ2v) is 10.4. The number of anilines is 3. The zero-order chi connectivity index (χ0) is 24.2. The molecule has 0 bridgehead atoms. The number of benzene rings is 2. The van der Waals surface area contributed by atoms with E-state index in [0.717, 1.165) is 39.1 Å². The van der Waals surface area contributed by atoms with Crippen LogP contribution in [-0.2, 0) is 7.05 Å². The summed E-state index contributed by atoms with van der Waals surface area (Å²) in [6.45, 7) is 5.25. The number of thiazole rings is 1. The van der Waals surface area contributed by atoms with E-state index in [9.17, 15) is 4.79 Å². The van der Waals surface area contributed by atoms with Crippen LogP contribution in [0.25, 0.3) is 11.1 Å². The third-order valence-electron chi connectivity index (χ3n) is 6.46. The summed E-state index contributed by atoms with van der Waals surface area (Å²) in [6.07, 6.45) is 3.84. The van der Waals surface area contributed by atoms with Gasteiger partial charge in [0.15, 0.2) is 5.13 Å². The van der Waals surface area contributed by atoms with E-state index < -0.39 is 5.54 Å². The van der Waals surface area contributed by atoms with Gasteiger partial charge in [-0.2, -0.15) is 5.10 Å². The molecule has 178 valence electrons. The van der Waals surface area contributed by atoms with Crippen LogP contribution in [0.3, 0.4) is 0 Å². The van der Waals surface area contributed by atoms with Crippen LogP contribution in [-0.4, -0.2) is 39.4 Å². The van der Waals surface area contributed by atoms with E-state index in [2.05, 4.69) is 26.7 Å². The Hall–Kier alpha value is -3.85. The monoisotopic (exact) mass is 486 g/mol. The number of nitrogens with one attached hydrogen (secondary N) is 2. The van der Waals surface area contributed by atoms with Crippen molar-refractivity contribution in [3.63, 3.8) is 0 Å². The number of rotatable bonds is 4. The van der Waals surface area contributed by atoms with Gasteiger partial charge in [-0.3, -0.25) is 9.48 Å². The maximum Gasteiger partial charge on any atom is 0.263 e. The van der Waals surface area contributed by atoms with Gasteiger partial charge < -0.3 is 20.3 Å². The van der Waals surface area contributed by atoms with Crippen molar-refractivity contribution in [1.29, 1.82) is 0 Å². The third kappa shape index (κ3) is 3.81. The number of amides is 1. The molecule has 9 heteroatoms. The molecule has 0 spiro atoms. The number of ether oxygens (including phenoxy) is 1. The second-order valence-electron chi connectivity index (χ2n) is 9.42. The van der Waals surface area contributed by atoms with Crippen LogP contribution in [0.5, 0.6) is 5.75 Å². The maximum atomic E-state index is 13.1. The normalized spacial score (nSPS) is 18.3. The topological polar surface area (TPSA) is 84.3 Å². The van der Waals surface area contributed by atoms with Crippen LogP contribution in [0.15, 0.2) is 60.9 Å². The lowest BCUT2D eigenvalue weighted by atomic mass is 9.87. The van der Waals surface area contributed by atoms with Crippen LogP contribution in [0.4, 0.5) is 16.5 Å². The number of nitrogens with zero attached hydrogens (tertiary/aromatic N) is 4. The van der Waals surface area contributed by atoms with Crippen molar-refractivity contribution in [2.24, 2.45) is 7.05 Å². The van der Waals surface area contributed by atoms with Crippen LogP contribution >= 0.6 is 11.3 Å². The molecule has 35 heavy (non-hydrogen) atoms. The van der Waals surface area contributed by atoms with E-state index in [1.165, 1.54) is 11.3 Å². The van der Waals surface area contributed by atoms with E-state index in [1.807, 2.05) is 75.8 Å². The molecule has 2 aromatic carbocycles. The average Bonchev–Trinajstić information content (AvgIpc) is 3.48. The first-order valence-corrected chi connectivity index (χ1v) is 12.4. The summed E-state index contributed by atoms with van der Waals surface area (Å²) in [5.41, 5.74) is 4.28. The average molecular weight is 487 g/mol. The number of carbonyl (C=O) groups is 1. The maximum absolute atomic E-state index is 13.1. The quantitative estimate of drug-likeness (QED) is 0.433. The van der Waals surface area contributed by atoms with Gasteiger partial charge in [0.05, 0.1) is 35.7 Å². The zero-order valence-electron chi connectivity index (χ0n) is 19.8. The molecule has 1 amide bonds. The first-order valence-electron chi connectivity index (χ1n) is 11.6. The zero-order valence-corrected chi connectivity index (χ0v) is 20.6. The Morgan fingerprint density at radius 3 is 2.77 bits per heavy atom. The smallest absolute Gasteiger partial charge is 0.263 e. The standard InChI is InChI=1S/C26H26N6O2S/c1-26(2)23(28-18-7-5-4-6-8-18)21-22(24(33)30-26)35-25(29-21)32-11-12-34-20-10-9-16(13-19(20)32)17-14-27-31(3)15-17/h4-10,13-15,23,28H,11-12H2,1-3H3,(H,30,33). The molecule has 2 N–H and O–H groups in total. The molecular formula is C26H26N6O2S. The highest BCUT2D eigenvalue weighted by molar-refractivity contribution is 7.17. The van der Waals surface area contributed by atoms with Gasteiger partial charge in [-0.1, -0.05) is 35.6 Å². The molecular weight excluding hydrogens is 460 g/mol. The Labute approximate surface area is 207 Å². The molecule has 8 nitrogen and oxygen atoms in total. The predicted octanol–water partition coefficient (Wildman–Crippen LogP) is 4.75. The Morgan fingerprint density at radius 1 is 1.17 bits per heavy atom. The van der Waals surface area contributed by atoms with Gasteiger partial charge in [-0.15, -0.1) is 0 Å². The number of fused-ring (bicyclic) bond motifs is 2. The number of carbonyl (C=O) groups excluding carboxylic acids is 1. The Balaban J connectivity index is 1.41. The van der Waals surface area contributed by atoms with E-state index in [0.29, 0.717) is 18.0 Å². The van der Waals surface area contributed by atoms with E-state index in [4.69, 9.17) is 9.72 Å². The highest BCUT2D eigenvalue weighted by Gasteiger charge is 2.43. The van der Waals surface area contributed by atoms with Gasteiger partial charge in [-0.25, -0.2) is 4.98 Å². The molecule has 6 rings (SSSR count). The molecule has 1 atom stereocenters. The van der Waals surface area contributed by atoms with Gasteiger partial charge in [0.1, 0.15) is 17.2 Å². The molecule has 0 fully saturated rings. The fourth-order valence-electron chi connectivity index (χ4n) is 4.67. The van der Waals surface area contributed by atoms with Gasteiger partial charge >= 0.3 is 0 Å². The number of aryl methyl sites for hydroxylation is 1. The van der Waals surface area contributed by atoms with Crippen molar-refractivity contribution in [3.8, 4) is 16.9 Å². The number of hydrogen-bond donors (Lipinski definition) is 2. The van der Waals surface area contributed by atoms with Crippen molar-refractivity contribution < 1.29 is 9.53 Å². The van der Waals surface area contributed by atoms with Gasteiger partial charge in [0.2, 0.25) is 0 Å². The molecule has 2 aliphatic rings. The molecule has 0 saturated heterocycles. The lowest BCUT2D eigenvalue weighted by molar-refractivity contribution is 0.0887. The summed E-state index contributed by atoms with van der Waals surface area (Å²) < 4.78 is 7.74. The van der Waals surface area contributed by atoms with Crippen LogP contribution in [0.2, 0.25) is 0 Å². The summed E-state index contributed by atoms with van der Waals surface area (Å²) in [7, 11) is 1.91. The highest BCUT2D eigenvalue weighted by Crippen LogP contribution is 2.45. The van der Waals surface area contributed by atoms with E-state index in [1.54, 1.807) is 4.68 Å². The van der Waals surface area contributed by atoms with Crippen molar-refractivity contribution in [2.45, 2.75) is 25.4 Å². The van der Waals surface area contributed by atoms with Crippen molar-refractivity contribution in [1.82, 2.24) is 20.1 Å². The fraction of sp³-hybridized carbons (Fsp3) is 0.269. The number of aromatic nitrogens is 3. The minimum absolute atomic E-state index is 0.0857. The molecule has 2 aliphatic heterocycles. The van der Waals surface area contributed by atoms with Crippen molar-refractivity contribution >= 4 is 33.8 Å². The molecule has 0 aliphatic carbocycles. The van der Waals surface area contributed by atoms with Gasteiger partial charge in [0, 0.05) is 24.5 Å². The van der Waals surface area contributed by atoms with E-state index in [-0.39, 0.29) is 11.9 Å². The minimum Gasteiger partial charge on any atom is -0.490 e. The lowest BCUT2D eigenvalue weighted by Crippen LogP contribution is -2.54. The molecule has 1 unspecified atom stereocenters. The Kier molecular flexibility index (Phi) is 5.03. The predicted molar refractivity (Wildman–Crippen MR) is 138 cm³/mol. The summed E-state index contributed by atoms with van der Waals surface area (Å²) in [5, 5.41) is 11.8. The van der Waals surface area contributed by atoms with Crippen molar-refractivity contribution in [2.75, 3.05) is 23.4 Å². The molecule has 0 radical (unpaired) electrons. The Morgan fingerprint density at radius 2 is 2.00 bits per heavy atom. The summed E-state index contributed by atoms with van der Waals surface area (Å²) >= 11 is 1.43. The molecule has 0 saturated carbocycles. The number of para-hydroxylation sites is 1. The molecule has 4 aromatic rings. The summed E-state index contributed by atoms with van der Waals surface area (Å²) in [6, 6.07) is 16.0. The summed E-state index contributed by atoms with van der Waals surface area (Å²) in [4.78, 5) is 20.9. The molecule has 4 heterocycles. The third-order valence-corrected chi connectivity index (χ3v) is 7.55. The first-order chi connectivity index (χ1) is 16.9. The van der Waals surface area contributed by atoms with Gasteiger partial charge in [0.25, 0.3) is 5.91 Å². The fourth-order valence-corrected chi connectivity index (χ4v) is 5.71. The molecule has 2 aromatic heterocycles. The largest absolute Gasteiger partial charge is 0.490 e. The van der Waals surface area contributed by atoms with E-state index >= 15 is 0 Å². The van der Waals surface area contributed by atoms with Gasteiger partial charge in [-0.05, 0) is 43.7 Å². The number of hydrogen-bond acceptors (Lipinski definition) is 7. The lowest BCUT2D eigenvalue weighted by Gasteiger charge is -2.39. The van der Waals surface area contributed by atoms with Crippen molar-refractivity contribution in [3.05, 3.63) is 71.5 Å². The van der Waals surface area contributed by atoms with Crippen LogP contribution in [0, 0.1) is 0 Å². The highest BCUT2D eigenvalue weighted by atomic mass is 32.1. The first kappa shape index (κ1) is 21.7. The second kappa shape index (κ2) is 8.13. The Bertz CT molecular complexity index is 1410. The van der Waals surface area contributed by atoms with Crippen LogP contribution in [0.1, 0.15) is 35.3 Å². The SMILES string of the molecule is Cn1cc(-c2ccc3c(c2)N(c2nc4c(s2)C(=O)NC(C)(C)C4Nc2ccccc2)CCO3)cn1.